The first-order valence-corrected chi connectivity index (χ1v) is 7.48. The van der Waals surface area contributed by atoms with Crippen LogP contribution in [0.4, 0.5) is 21.8 Å². The van der Waals surface area contributed by atoms with Gasteiger partial charge in [0.15, 0.2) is 11.6 Å². The number of aromatic hydroxyl groups is 1. The molecule has 2 heterocycles. The van der Waals surface area contributed by atoms with Gasteiger partial charge in [0.25, 0.3) is 0 Å². The molecule has 1 unspecified atom stereocenters. The standard InChI is InChI=1S/C16H19FN4O2/c1-10-9-18-16(19-11-5-6-13(22)12(17)8-11)20-15(10)21(2)14-4-3-7-23-14/h5-6,8-9,14,22H,3-4,7H2,1-2H3,(H,18,19,20). The molecule has 0 amide bonds. The van der Waals surface area contributed by atoms with Gasteiger partial charge in [0, 0.05) is 37.2 Å². The molecule has 1 aromatic heterocycles. The van der Waals surface area contributed by atoms with Crippen molar-refractivity contribution < 1.29 is 14.2 Å². The molecule has 23 heavy (non-hydrogen) atoms. The van der Waals surface area contributed by atoms with Gasteiger partial charge in [-0.1, -0.05) is 0 Å². The third kappa shape index (κ3) is 3.34. The van der Waals surface area contributed by atoms with Crippen molar-refractivity contribution in [2.24, 2.45) is 0 Å². The number of ether oxygens (including phenoxy) is 1. The maximum Gasteiger partial charge on any atom is 0.229 e. The Bertz CT molecular complexity index is 704. The number of hydrogen-bond acceptors (Lipinski definition) is 6. The number of rotatable bonds is 4. The van der Waals surface area contributed by atoms with E-state index in [9.17, 15) is 9.50 Å². The lowest BCUT2D eigenvalue weighted by molar-refractivity contribution is 0.111. The van der Waals surface area contributed by atoms with Crippen LogP contribution in [0.25, 0.3) is 0 Å². The summed E-state index contributed by atoms with van der Waals surface area (Å²) in [7, 11) is 1.94. The zero-order valence-corrected chi connectivity index (χ0v) is 13.1. The fourth-order valence-corrected chi connectivity index (χ4v) is 2.57. The van der Waals surface area contributed by atoms with Crippen molar-refractivity contribution in [3.8, 4) is 5.75 Å². The van der Waals surface area contributed by atoms with E-state index in [1.54, 1.807) is 12.3 Å². The number of benzene rings is 1. The van der Waals surface area contributed by atoms with Gasteiger partial charge in [-0.3, -0.25) is 0 Å². The molecule has 1 aliphatic heterocycles. The predicted octanol–water partition coefficient (Wildman–Crippen LogP) is 2.95. The quantitative estimate of drug-likeness (QED) is 0.845. The maximum absolute atomic E-state index is 13.4. The third-order valence-electron chi connectivity index (χ3n) is 3.82. The van der Waals surface area contributed by atoms with Crippen LogP contribution in [0, 0.1) is 12.7 Å². The molecule has 7 heteroatoms. The van der Waals surface area contributed by atoms with E-state index < -0.39 is 5.82 Å². The van der Waals surface area contributed by atoms with Gasteiger partial charge >= 0.3 is 0 Å². The lowest BCUT2D eigenvalue weighted by Crippen LogP contribution is -2.32. The number of aromatic nitrogens is 2. The Hall–Kier alpha value is -2.41. The summed E-state index contributed by atoms with van der Waals surface area (Å²) in [6.07, 6.45) is 3.73. The fraction of sp³-hybridized carbons (Fsp3) is 0.375. The van der Waals surface area contributed by atoms with E-state index >= 15 is 0 Å². The average Bonchev–Trinajstić information content (AvgIpc) is 3.06. The molecule has 0 aliphatic carbocycles. The minimum Gasteiger partial charge on any atom is -0.505 e. The number of halogens is 1. The number of phenolic OH excluding ortho intramolecular Hbond substituents is 1. The van der Waals surface area contributed by atoms with Crippen LogP contribution in [0.5, 0.6) is 5.75 Å². The number of phenols is 1. The van der Waals surface area contributed by atoms with E-state index in [2.05, 4.69) is 15.3 Å². The highest BCUT2D eigenvalue weighted by atomic mass is 19.1. The Morgan fingerprint density at radius 3 is 2.96 bits per heavy atom. The van der Waals surface area contributed by atoms with Crippen molar-refractivity contribution in [1.82, 2.24) is 9.97 Å². The van der Waals surface area contributed by atoms with Crippen LogP contribution >= 0.6 is 0 Å². The lowest BCUT2D eigenvalue weighted by atomic mass is 10.2. The van der Waals surface area contributed by atoms with Crippen LogP contribution in [-0.4, -0.2) is 35.0 Å². The second-order valence-corrected chi connectivity index (χ2v) is 5.57. The summed E-state index contributed by atoms with van der Waals surface area (Å²) in [5.74, 6) is 0.0483. The van der Waals surface area contributed by atoms with Crippen molar-refractivity contribution in [1.29, 1.82) is 0 Å². The van der Waals surface area contributed by atoms with Crippen LogP contribution in [0.15, 0.2) is 24.4 Å². The molecule has 0 spiro atoms. The highest BCUT2D eigenvalue weighted by Gasteiger charge is 2.23. The predicted molar refractivity (Wildman–Crippen MR) is 85.5 cm³/mol. The monoisotopic (exact) mass is 318 g/mol. The Balaban J connectivity index is 1.83. The SMILES string of the molecule is Cc1cnc(Nc2ccc(O)c(F)c2)nc1N(C)C1CCCO1. The minimum absolute atomic E-state index is 0.0163. The zero-order chi connectivity index (χ0) is 16.4. The van der Waals surface area contributed by atoms with Crippen LogP contribution in [-0.2, 0) is 4.74 Å². The van der Waals surface area contributed by atoms with Crippen LogP contribution in [0.2, 0.25) is 0 Å². The molecule has 2 aromatic rings. The number of hydrogen-bond donors (Lipinski definition) is 2. The topological polar surface area (TPSA) is 70.5 Å². The van der Waals surface area contributed by atoms with E-state index in [1.807, 2.05) is 18.9 Å². The summed E-state index contributed by atoms with van der Waals surface area (Å²) in [5, 5.41) is 12.2. The van der Waals surface area contributed by atoms with Crippen molar-refractivity contribution in [3.05, 3.63) is 35.8 Å². The van der Waals surface area contributed by atoms with Crippen molar-refractivity contribution in [2.75, 3.05) is 23.9 Å². The first-order chi connectivity index (χ1) is 11.0. The summed E-state index contributed by atoms with van der Waals surface area (Å²) in [4.78, 5) is 10.7. The van der Waals surface area contributed by atoms with Gasteiger partial charge in [-0.2, -0.15) is 4.98 Å². The van der Waals surface area contributed by atoms with Crippen LogP contribution < -0.4 is 10.2 Å². The number of nitrogens with one attached hydrogen (secondary N) is 1. The van der Waals surface area contributed by atoms with Gasteiger partial charge < -0.3 is 20.1 Å². The molecule has 3 rings (SSSR count). The van der Waals surface area contributed by atoms with E-state index in [1.165, 1.54) is 12.1 Å². The van der Waals surface area contributed by atoms with E-state index in [0.29, 0.717) is 11.6 Å². The first-order valence-electron chi connectivity index (χ1n) is 7.48. The smallest absolute Gasteiger partial charge is 0.229 e. The van der Waals surface area contributed by atoms with Crippen molar-refractivity contribution in [3.63, 3.8) is 0 Å². The van der Waals surface area contributed by atoms with Gasteiger partial charge in [0.2, 0.25) is 5.95 Å². The first kappa shape index (κ1) is 15.5. The molecule has 1 aromatic carbocycles. The maximum atomic E-state index is 13.4. The molecule has 6 nitrogen and oxygen atoms in total. The van der Waals surface area contributed by atoms with Crippen molar-refractivity contribution >= 4 is 17.5 Å². The fourth-order valence-electron chi connectivity index (χ4n) is 2.57. The minimum atomic E-state index is -0.696. The highest BCUT2D eigenvalue weighted by Crippen LogP contribution is 2.26. The Kier molecular flexibility index (Phi) is 4.29. The molecule has 122 valence electrons. The van der Waals surface area contributed by atoms with Gasteiger partial charge in [-0.15, -0.1) is 0 Å². The number of nitrogens with zero attached hydrogens (tertiary/aromatic N) is 3. The second kappa shape index (κ2) is 6.37. The lowest BCUT2D eigenvalue weighted by Gasteiger charge is -2.26. The third-order valence-corrected chi connectivity index (χ3v) is 3.82. The van der Waals surface area contributed by atoms with Gasteiger partial charge in [-0.05, 0) is 31.9 Å². The molecule has 1 saturated heterocycles. The molecule has 1 fully saturated rings. The van der Waals surface area contributed by atoms with Crippen molar-refractivity contribution in [2.45, 2.75) is 26.0 Å². The van der Waals surface area contributed by atoms with Crippen LogP contribution in [0.1, 0.15) is 18.4 Å². The summed E-state index contributed by atoms with van der Waals surface area (Å²) in [6.45, 7) is 2.70. The van der Waals surface area contributed by atoms with E-state index in [4.69, 9.17) is 4.74 Å². The Morgan fingerprint density at radius 2 is 2.26 bits per heavy atom. The second-order valence-electron chi connectivity index (χ2n) is 5.57. The van der Waals surface area contributed by atoms with E-state index in [-0.39, 0.29) is 12.0 Å². The highest BCUT2D eigenvalue weighted by molar-refractivity contribution is 5.57. The molecular formula is C16H19FN4O2. The zero-order valence-electron chi connectivity index (χ0n) is 13.1. The Morgan fingerprint density at radius 1 is 1.43 bits per heavy atom. The normalized spacial score (nSPS) is 17.3. The molecule has 1 atom stereocenters. The summed E-state index contributed by atoms with van der Waals surface area (Å²) >= 11 is 0. The van der Waals surface area contributed by atoms with Gasteiger partial charge in [0.1, 0.15) is 12.0 Å². The average molecular weight is 318 g/mol. The number of aryl methyl sites for hydroxylation is 1. The summed E-state index contributed by atoms with van der Waals surface area (Å²) in [5.41, 5.74) is 1.40. The molecule has 2 N–H and O–H groups in total. The Labute approximate surface area is 133 Å². The summed E-state index contributed by atoms with van der Waals surface area (Å²) in [6, 6.07) is 4.04. The molecule has 0 bridgehead atoms. The molecular weight excluding hydrogens is 299 g/mol. The van der Waals surface area contributed by atoms with E-state index in [0.717, 1.165) is 30.8 Å². The van der Waals surface area contributed by atoms with Crippen LogP contribution in [0.3, 0.4) is 0 Å². The molecule has 0 saturated carbocycles. The largest absolute Gasteiger partial charge is 0.505 e. The molecule has 1 aliphatic rings. The van der Waals surface area contributed by atoms with Gasteiger partial charge in [-0.25, -0.2) is 9.37 Å². The van der Waals surface area contributed by atoms with Gasteiger partial charge in [0.05, 0.1) is 0 Å². The summed E-state index contributed by atoms with van der Waals surface area (Å²) < 4.78 is 19.1. The number of anilines is 3. The molecule has 0 radical (unpaired) electrons.